The molecule has 0 bridgehead atoms. The van der Waals surface area contributed by atoms with Crippen LogP contribution in [0.1, 0.15) is 11.1 Å². The molecule has 0 radical (unpaired) electrons. The summed E-state index contributed by atoms with van der Waals surface area (Å²) < 4.78 is 2.35. The van der Waals surface area contributed by atoms with Crippen molar-refractivity contribution in [2.24, 2.45) is 7.05 Å². The van der Waals surface area contributed by atoms with Crippen LogP contribution in [0.2, 0.25) is 0 Å². The number of benzene rings is 2. The summed E-state index contributed by atoms with van der Waals surface area (Å²) in [7, 11) is 1.93. The van der Waals surface area contributed by atoms with Gasteiger partial charge < -0.3 is 5.32 Å². The highest BCUT2D eigenvalue weighted by Crippen LogP contribution is 2.38. The van der Waals surface area contributed by atoms with Crippen LogP contribution in [0.4, 0.5) is 0 Å². The van der Waals surface area contributed by atoms with E-state index in [1.807, 2.05) is 48.1 Å². The minimum Gasteiger partial charge on any atom is -0.307 e. The second-order valence-corrected chi connectivity index (χ2v) is 9.11. The predicted molar refractivity (Wildman–Crippen MR) is 120 cm³/mol. The van der Waals surface area contributed by atoms with E-state index in [4.69, 9.17) is 17.3 Å². The fourth-order valence-electron chi connectivity index (χ4n) is 2.86. The van der Waals surface area contributed by atoms with Crippen molar-refractivity contribution in [2.75, 3.05) is 0 Å². The summed E-state index contributed by atoms with van der Waals surface area (Å²) in [4.78, 5) is 13.9. The first-order valence-corrected chi connectivity index (χ1v) is 10.7. The number of amides is 1. The molecule has 1 N–H and O–H groups in total. The van der Waals surface area contributed by atoms with Gasteiger partial charge in [-0.05, 0) is 25.1 Å². The molecule has 0 unspecified atom stereocenters. The van der Waals surface area contributed by atoms with Gasteiger partial charge >= 0.3 is 0 Å². The lowest BCUT2D eigenvalue weighted by Crippen LogP contribution is -2.17. The molecule has 0 atom stereocenters. The van der Waals surface area contributed by atoms with E-state index < -0.39 is 0 Å². The van der Waals surface area contributed by atoms with Crippen molar-refractivity contribution in [3.8, 4) is 11.3 Å². The molecule has 1 fully saturated rings. The minimum absolute atomic E-state index is 0.163. The Labute approximate surface area is 177 Å². The molecule has 7 heteroatoms. The predicted octanol–water partition coefficient (Wildman–Crippen LogP) is 5.04. The summed E-state index contributed by atoms with van der Waals surface area (Å²) in [6.07, 6.45) is 1.89. The van der Waals surface area contributed by atoms with Crippen LogP contribution < -0.4 is 5.32 Å². The van der Waals surface area contributed by atoms with Gasteiger partial charge in [-0.25, -0.2) is 0 Å². The van der Waals surface area contributed by atoms with Crippen LogP contribution in [0.3, 0.4) is 0 Å². The lowest BCUT2D eigenvalue weighted by atomic mass is 10.1. The number of thioether (sulfide) groups is 1. The Bertz CT molecular complexity index is 1090. The molecular formula is C21H17N3OS3. The van der Waals surface area contributed by atoms with Crippen molar-refractivity contribution >= 4 is 52.0 Å². The van der Waals surface area contributed by atoms with Gasteiger partial charge in [0.25, 0.3) is 5.91 Å². The van der Waals surface area contributed by atoms with Gasteiger partial charge in [0.1, 0.15) is 15.0 Å². The molecule has 0 aliphatic carbocycles. The monoisotopic (exact) mass is 423 g/mol. The topological polar surface area (TPSA) is 46.9 Å². The van der Waals surface area contributed by atoms with Crippen molar-refractivity contribution in [1.82, 2.24) is 15.1 Å². The number of hydrogen-bond acceptors (Lipinski definition) is 5. The van der Waals surface area contributed by atoms with E-state index in [1.165, 1.54) is 17.3 Å². The van der Waals surface area contributed by atoms with Gasteiger partial charge in [-0.15, -0.1) is 0 Å². The van der Waals surface area contributed by atoms with Crippen molar-refractivity contribution in [3.63, 3.8) is 0 Å². The second-order valence-electron chi connectivity index (χ2n) is 6.32. The third-order valence-electron chi connectivity index (χ3n) is 4.23. The first kappa shape index (κ1) is 19.0. The van der Waals surface area contributed by atoms with Gasteiger partial charge in [0.15, 0.2) is 0 Å². The Morgan fingerprint density at radius 2 is 1.86 bits per heavy atom. The number of hydrogen-bond donors (Lipinski definition) is 1. The standard InChI is InChI=1S/C21H17N3OS3/c1-13-8-10-15(11-9-13)27-20-16(12-17-19(25)22-21(26)28-17)18(23-24(20)2)14-6-4-3-5-7-14/h3-12H,1-2H3,(H,22,25,26)/b17-12-. The second kappa shape index (κ2) is 7.95. The van der Waals surface area contributed by atoms with Crippen LogP contribution in [-0.4, -0.2) is 20.0 Å². The molecule has 2 aromatic carbocycles. The molecule has 1 amide bonds. The van der Waals surface area contributed by atoms with Gasteiger partial charge in [0.2, 0.25) is 0 Å². The number of aryl methyl sites for hydroxylation is 2. The average molecular weight is 424 g/mol. The van der Waals surface area contributed by atoms with E-state index in [-0.39, 0.29) is 5.91 Å². The molecule has 1 saturated heterocycles. The van der Waals surface area contributed by atoms with Crippen LogP contribution >= 0.6 is 35.7 Å². The smallest absolute Gasteiger partial charge is 0.263 e. The highest BCUT2D eigenvalue weighted by atomic mass is 32.2. The Morgan fingerprint density at radius 3 is 2.50 bits per heavy atom. The summed E-state index contributed by atoms with van der Waals surface area (Å²) in [6, 6.07) is 18.4. The lowest BCUT2D eigenvalue weighted by molar-refractivity contribution is -0.115. The Balaban J connectivity index is 1.84. The Morgan fingerprint density at radius 1 is 1.14 bits per heavy atom. The molecule has 0 spiro atoms. The number of nitrogens with zero attached hydrogens (tertiary/aromatic N) is 2. The van der Waals surface area contributed by atoms with E-state index in [0.717, 1.165) is 26.7 Å². The number of thiocarbonyl (C=S) groups is 1. The number of carbonyl (C=O) groups is 1. The maximum atomic E-state index is 12.2. The van der Waals surface area contributed by atoms with Crippen molar-refractivity contribution in [3.05, 3.63) is 70.6 Å². The van der Waals surface area contributed by atoms with E-state index in [2.05, 4.69) is 36.5 Å². The molecule has 3 aromatic rings. The van der Waals surface area contributed by atoms with Crippen LogP contribution in [0.15, 0.2) is 69.4 Å². The van der Waals surface area contributed by atoms with Gasteiger partial charge in [-0.2, -0.15) is 5.10 Å². The molecule has 140 valence electrons. The number of nitrogens with one attached hydrogen (secondary N) is 1. The summed E-state index contributed by atoms with van der Waals surface area (Å²) in [5.74, 6) is -0.163. The molecule has 0 saturated carbocycles. The van der Waals surface area contributed by atoms with E-state index >= 15 is 0 Å². The first-order chi connectivity index (χ1) is 13.5. The number of aromatic nitrogens is 2. The summed E-state index contributed by atoms with van der Waals surface area (Å²) in [5.41, 5.74) is 3.99. The summed E-state index contributed by atoms with van der Waals surface area (Å²) >= 11 is 8.05. The highest BCUT2D eigenvalue weighted by molar-refractivity contribution is 8.26. The van der Waals surface area contributed by atoms with Crippen LogP contribution in [0, 0.1) is 6.92 Å². The SMILES string of the molecule is Cc1ccc(Sc2c(/C=C3\SC(=S)NC3=O)c(-c3ccccc3)nn2C)cc1. The Hall–Kier alpha value is -2.35. The zero-order valence-electron chi connectivity index (χ0n) is 15.3. The van der Waals surface area contributed by atoms with Gasteiger partial charge in [-0.3, -0.25) is 9.48 Å². The molecule has 4 nitrogen and oxygen atoms in total. The zero-order chi connectivity index (χ0) is 19.7. The van der Waals surface area contributed by atoms with Gasteiger partial charge in [0.05, 0.1) is 4.91 Å². The minimum atomic E-state index is -0.163. The molecule has 1 aliphatic rings. The normalized spacial score (nSPS) is 15.3. The third-order valence-corrected chi connectivity index (χ3v) is 6.58. The first-order valence-electron chi connectivity index (χ1n) is 8.63. The fourth-order valence-corrected chi connectivity index (χ4v) is 4.82. The third kappa shape index (κ3) is 3.92. The summed E-state index contributed by atoms with van der Waals surface area (Å²) in [5, 5.41) is 8.41. The van der Waals surface area contributed by atoms with Gasteiger partial charge in [0, 0.05) is 23.1 Å². The fraction of sp³-hybridized carbons (Fsp3) is 0.0952. The van der Waals surface area contributed by atoms with E-state index in [0.29, 0.717) is 9.23 Å². The largest absolute Gasteiger partial charge is 0.307 e. The molecule has 2 heterocycles. The molecule has 1 aliphatic heterocycles. The number of carbonyl (C=O) groups excluding carboxylic acids is 1. The quantitative estimate of drug-likeness (QED) is 0.471. The molecule has 4 rings (SSSR count). The van der Waals surface area contributed by atoms with Crippen molar-refractivity contribution in [1.29, 1.82) is 0 Å². The van der Waals surface area contributed by atoms with Crippen molar-refractivity contribution < 1.29 is 4.79 Å². The average Bonchev–Trinajstić information content (AvgIpc) is 3.17. The maximum Gasteiger partial charge on any atom is 0.263 e. The van der Waals surface area contributed by atoms with Gasteiger partial charge in [-0.1, -0.05) is 83.8 Å². The van der Waals surface area contributed by atoms with E-state index in [1.54, 1.807) is 11.8 Å². The maximum absolute atomic E-state index is 12.2. The molecule has 1 aromatic heterocycles. The number of rotatable bonds is 4. The van der Waals surface area contributed by atoms with Crippen LogP contribution in [-0.2, 0) is 11.8 Å². The highest BCUT2D eigenvalue weighted by Gasteiger charge is 2.25. The van der Waals surface area contributed by atoms with Crippen LogP contribution in [0.5, 0.6) is 0 Å². The zero-order valence-corrected chi connectivity index (χ0v) is 17.8. The van der Waals surface area contributed by atoms with Crippen LogP contribution in [0.25, 0.3) is 17.3 Å². The van der Waals surface area contributed by atoms with E-state index in [9.17, 15) is 4.79 Å². The molecular weight excluding hydrogens is 406 g/mol. The lowest BCUT2D eigenvalue weighted by Gasteiger charge is -2.05. The summed E-state index contributed by atoms with van der Waals surface area (Å²) in [6.45, 7) is 2.07. The molecule has 28 heavy (non-hydrogen) atoms. The van der Waals surface area contributed by atoms with Crippen molar-refractivity contribution in [2.45, 2.75) is 16.8 Å². The Kier molecular flexibility index (Phi) is 5.39.